The molecule has 0 aliphatic carbocycles. The number of piperidine rings is 2. The first-order valence-electron chi connectivity index (χ1n) is 9.61. The lowest BCUT2D eigenvalue weighted by molar-refractivity contribution is -0.136. The van der Waals surface area contributed by atoms with Crippen molar-refractivity contribution in [3.05, 3.63) is 29.1 Å². The molecule has 0 aromatic heterocycles. The molecule has 9 heteroatoms. The van der Waals surface area contributed by atoms with Crippen molar-refractivity contribution < 1.29 is 28.7 Å². The number of amides is 3. The molecule has 1 atom stereocenters. The number of nitrogens with one attached hydrogen (secondary N) is 1. The van der Waals surface area contributed by atoms with Crippen molar-refractivity contribution in [2.75, 3.05) is 31.6 Å². The summed E-state index contributed by atoms with van der Waals surface area (Å²) in [6.07, 6.45) is 2.11. The van der Waals surface area contributed by atoms with Gasteiger partial charge in [0.1, 0.15) is 11.9 Å². The van der Waals surface area contributed by atoms with E-state index in [0.29, 0.717) is 32.2 Å². The second kappa shape index (κ2) is 8.69. The Morgan fingerprint density at radius 2 is 2.00 bits per heavy atom. The molecule has 0 bridgehead atoms. The number of aliphatic hydroxyl groups is 1. The van der Waals surface area contributed by atoms with Crippen LogP contribution in [0.4, 0.5) is 10.1 Å². The number of nitrogens with zero attached hydrogens (tertiary/aromatic N) is 2. The average molecular weight is 405 g/mol. The van der Waals surface area contributed by atoms with E-state index in [1.807, 2.05) is 0 Å². The summed E-state index contributed by atoms with van der Waals surface area (Å²) in [4.78, 5) is 50.9. The van der Waals surface area contributed by atoms with Gasteiger partial charge in [0, 0.05) is 38.7 Å². The van der Waals surface area contributed by atoms with Gasteiger partial charge in [0.2, 0.25) is 11.8 Å². The summed E-state index contributed by atoms with van der Waals surface area (Å²) < 4.78 is 14.6. The van der Waals surface area contributed by atoms with Gasteiger partial charge in [0.15, 0.2) is 6.29 Å². The second-order valence-electron chi connectivity index (χ2n) is 7.50. The Hall–Kier alpha value is -2.81. The van der Waals surface area contributed by atoms with Gasteiger partial charge in [0.05, 0.1) is 11.3 Å². The largest absolute Gasteiger partial charge is 0.396 e. The number of hydrogen-bond donors (Lipinski definition) is 2. The first kappa shape index (κ1) is 20.9. The van der Waals surface area contributed by atoms with Crippen LogP contribution in [0.2, 0.25) is 0 Å². The lowest BCUT2D eigenvalue weighted by Gasteiger charge is -2.34. The number of carbonyl (C=O) groups is 4. The summed E-state index contributed by atoms with van der Waals surface area (Å²) in [6, 6.07) is 1.54. The zero-order chi connectivity index (χ0) is 21.1. The van der Waals surface area contributed by atoms with E-state index in [1.54, 1.807) is 4.90 Å². The Morgan fingerprint density at radius 3 is 2.59 bits per heavy atom. The minimum Gasteiger partial charge on any atom is -0.396 e. The second-order valence-corrected chi connectivity index (χ2v) is 7.50. The van der Waals surface area contributed by atoms with Gasteiger partial charge in [-0.15, -0.1) is 0 Å². The van der Waals surface area contributed by atoms with Crippen molar-refractivity contribution in [3.63, 3.8) is 0 Å². The lowest BCUT2D eigenvalue weighted by Crippen LogP contribution is -2.53. The Morgan fingerprint density at radius 1 is 1.31 bits per heavy atom. The molecular formula is C20H24FN3O5. The molecule has 0 radical (unpaired) electrons. The van der Waals surface area contributed by atoms with Gasteiger partial charge in [-0.25, -0.2) is 4.39 Å². The van der Waals surface area contributed by atoms with Crippen molar-refractivity contribution in [1.82, 2.24) is 10.2 Å². The monoisotopic (exact) mass is 405 g/mol. The van der Waals surface area contributed by atoms with Gasteiger partial charge in [-0.1, -0.05) is 0 Å². The van der Waals surface area contributed by atoms with E-state index >= 15 is 0 Å². The van der Waals surface area contributed by atoms with Gasteiger partial charge in [-0.2, -0.15) is 0 Å². The summed E-state index contributed by atoms with van der Waals surface area (Å²) in [5.74, 6) is -1.99. The molecule has 0 saturated carbocycles. The Kier molecular flexibility index (Phi) is 6.26. The lowest BCUT2D eigenvalue weighted by atomic mass is 9.96. The van der Waals surface area contributed by atoms with Crippen LogP contribution in [0.3, 0.4) is 0 Å². The van der Waals surface area contributed by atoms with Crippen LogP contribution < -0.4 is 10.2 Å². The minimum atomic E-state index is -0.839. The van der Waals surface area contributed by atoms with Crippen molar-refractivity contribution in [1.29, 1.82) is 0 Å². The molecule has 156 valence electrons. The van der Waals surface area contributed by atoms with Crippen LogP contribution in [0.15, 0.2) is 12.1 Å². The van der Waals surface area contributed by atoms with Crippen LogP contribution >= 0.6 is 0 Å². The van der Waals surface area contributed by atoms with Crippen molar-refractivity contribution in [2.24, 2.45) is 5.92 Å². The SMILES string of the molecule is CN(C(=O)c1cc(N2CCC(CO)CC2)c(F)cc1C=O)C1CCC(=O)NC1=O. The van der Waals surface area contributed by atoms with Crippen LogP contribution in [0, 0.1) is 11.7 Å². The maximum Gasteiger partial charge on any atom is 0.255 e. The molecule has 3 amide bonds. The topological polar surface area (TPSA) is 107 Å². The van der Waals surface area contributed by atoms with E-state index in [2.05, 4.69) is 5.32 Å². The molecule has 2 N–H and O–H groups in total. The van der Waals surface area contributed by atoms with Gasteiger partial charge in [-0.3, -0.25) is 24.5 Å². The van der Waals surface area contributed by atoms with Crippen molar-refractivity contribution >= 4 is 29.7 Å². The number of rotatable bonds is 5. The van der Waals surface area contributed by atoms with Crippen LogP contribution in [0.1, 0.15) is 46.4 Å². The molecule has 2 heterocycles. The number of halogens is 1. The first-order valence-corrected chi connectivity index (χ1v) is 9.61. The highest BCUT2D eigenvalue weighted by Crippen LogP contribution is 2.29. The summed E-state index contributed by atoms with van der Waals surface area (Å²) >= 11 is 0. The summed E-state index contributed by atoms with van der Waals surface area (Å²) in [5, 5.41) is 11.5. The molecule has 0 spiro atoms. The molecule has 1 unspecified atom stereocenters. The number of anilines is 1. The molecule has 2 fully saturated rings. The van der Waals surface area contributed by atoms with Gasteiger partial charge < -0.3 is 14.9 Å². The third kappa shape index (κ3) is 4.29. The van der Waals surface area contributed by atoms with E-state index in [0.717, 1.165) is 6.07 Å². The Labute approximate surface area is 167 Å². The quantitative estimate of drug-likeness (QED) is 0.552. The maximum atomic E-state index is 14.6. The number of benzene rings is 1. The normalized spacial score (nSPS) is 20.4. The molecule has 1 aromatic carbocycles. The van der Waals surface area contributed by atoms with Crippen LogP contribution in [0.5, 0.6) is 0 Å². The predicted molar refractivity (Wildman–Crippen MR) is 102 cm³/mol. The molecule has 2 saturated heterocycles. The minimum absolute atomic E-state index is 0.00730. The molecule has 3 rings (SSSR count). The number of aliphatic hydroxyl groups excluding tert-OH is 1. The zero-order valence-corrected chi connectivity index (χ0v) is 16.2. The fourth-order valence-electron chi connectivity index (χ4n) is 3.84. The fraction of sp³-hybridized carbons (Fsp3) is 0.500. The van der Waals surface area contributed by atoms with E-state index in [9.17, 15) is 28.7 Å². The van der Waals surface area contributed by atoms with E-state index in [-0.39, 0.29) is 42.2 Å². The predicted octanol–water partition coefficient (Wildman–Crippen LogP) is 0.724. The molecule has 2 aliphatic rings. The van der Waals surface area contributed by atoms with E-state index < -0.39 is 29.6 Å². The standard InChI is InChI=1S/C20H24FN3O5/c1-23(16-2-3-18(27)22-19(16)28)20(29)14-9-17(15(21)8-13(14)11-26)24-6-4-12(10-25)5-7-24/h8-9,11-12,16,25H,2-7,10H2,1H3,(H,22,27,28). The third-order valence-corrected chi connectivity index (χ3v) is 5.69. The smallest absolute Gasteiger partial charge is 0.255 e. The summed E-state index contributed by atoms with van der Waals surface area (Å²) in [7, 11) is 1.42. The summed E-state index contributed by atoms with van der Waals surface area (Å²) in [6.45, 7) is 1.14. The highest BCUT2D eigenvalue weighted by atomic mass is 19.1. The van der Waals surface area contributed by atoms with Gasteiger partial charge >= 0.3 is 0 Å². The average Bonchev–Trinajstić information content (AvgIpc) is 2.72. The Balaban J connectivity index is 1.87. The Bertz CT molecular complexity index is 836. The van der Waals surface area contributed by atoms with Crippen LogP contribution in [0.25, 0.3) is 0 Å². The third-order valence-electron chi connectivity index (χ3n) is 5.69. The van der Waals surface area contributed by atoms with Crippen LogP contribution in [-0.4, -0.2) is 66.8 Å². The summed E-state index contributed by atoms with van der Waals surface area (Å²) in [5.41, 5.74) is 0.125. The van der Waals surface area contributed by atoms with Gasteiger partial charge in [-0.05, 0) is 37.3 Å². The number of imide groups is 1. The molecule has 1 aromatic rings. The molecule has 2 aliphatic heterocycles. The number of likely N-dealkylation sites (N-methyl/N-ethyl adjacent to an activating group) is 1. The van der Waals surface area contributed by atoms with E-state index in [1.165, 1.54) is 18.0 Å². The van der Waals surface area contributed by atoms with Crippen molar-refractivity contribution in [2.45, 2.75) is 31.7 Å². The molecule has 8 nitrogen and oxygen atoms in total. The zero-order valence-electron chi connectivity index (χ0n) is 16.2. The molecule has 29 heavy (non-hydrogen) atoms. The van der Waals surface area contributed by atoms with Crippen molar-refractivity contribution in [3.8, 4) is 0 Å². The number of aldehydes is 1. The molecular weight excluding hydrogens is 381 g/mol. The highest BCUT2D eigenvalue weighted by Gasteiger charge is 2.34. The maximum absolute atomic E-state index is 14.6. The van der Waals surface area contributed by atoms with Crippen LogP contribution in [-0.2, 0) is 9.59 Å². The number of carbonyl (C=O) groups excluding carboxylic acids is 4. The highest BCUT2D eigenvalue weighted by molar-refractivity contribution is 6.06. The first-order chi connectivity index (χ1) is 13.8. The number of hydrogen-bond acceptors (Lipinski definition) is 6. The van der Waals surface area contributed by atoms with E-state index in [4.69, 9.17) is 0 Å². The van der Waals surface area contributed by atoms with Gasteiger partial charge in [0.25, 0.3) is 5.91 Å². The fourth-order valence-corrected chi connectivity index (χ4v) is 3.84.